The van der Waals surface area contributed by atoms with Crippen molar-refractivity contribution in [1.29, 1.82) is 0 Å². The zero-order valence-corrected chi connectivity index (χ0v) is 17.5. The summed E-state index contributed by atoms with van der Waals surface area (Å²) in [4.78, 5) is 17.3. The van der Waals surface area contributed by atoms with Gasteiger partial charge in [-0.25, -0.2) is 18.0 Å². The summed E-state index contributed by atoms with van der Waals surface area (Å²) in [5, 5.41) is 16.9. The molecular formula is C21H20F5N5O2. The molecule has 2 aromatic heterocycles. The number of fused-ring (bicyclic) bond motifs is 3. The minimum Gasteiger partial charge on any atom is -0.376 e. The lowest BCUT2D eigenvalue weighted by atomic mass is 9.94. The van der Waals surface area contributed by atoms with Crippen molar-refractivity contribution in [2.45, 2.75) is 63.3 Å². The summed E-state index contributed by atoms with van der Waals surface area (Å²) in [6.07, 6.45) is 2.19. The minimum absolute atomic E-state index is 0.119. The zero-order chi connectivity index (χ0) is 24.1. The molecule has 12 heteroatoms. The van der Waals surface area contributed by atoms with Gasteiger partial charge in [0.25, 0.3) is 12.3 Å². The van der Waals surface area contributed by atoms with Crippen molar-refractivity contribution >= 4 is 11.7 Å². The second-order valence-electron chi connectivity index (χ2n) is 8.28. The van der Waals surface area contributed by atoms with Gasteiger partial charge in [0.2, 0.25) is 0 Å². The molecule has 2 aliphatic rings. The first-order chi connectivity index (χ1) is 15.5. The molecular weight excluding hydrogens is 449 g/mol. The quantitative estimate of drug-likeness (QED) is 0.520. The fourth-order valence-corrected chi connectivity index (χ4v) is 4.21. The molecule has 0 radical (unpaired) electrons. The van der Waals surface area contributed by atoms with Gasteiger partial charge in [0, 0.05) is 30.6 Å². The Kier molecular flexibility index (Phi) is 5.56. The van der Waals surface area contributed by atoms with Crippen LogP contribution in [-0.4, -0.2) is 42.4 Å². The molecule has 2 aromatic rings. The Morgan fingerprint density at radius 3 is 2.79 bits per heavy atom. The van der Waals surface area contributed by atoms with Gasteiger partial charge in [0.15, 0.2) is 5.82 Å². The number of terminal acetylenes is 1. The number of hydrogen-bond acceptors (Lipinski definition) is 4. The summed E-state index contributed by atoms with van der Waals surface area (Å²) >= 11 is 0. The second-order valence-corrected chi connectivity index (χ2v) is 8.28. The zero-order valence-electron chi connectivity index (χ0n) is 17.5. The van der Waals surface area contributed by atoms with Crippen molar-refractivity contribution in [3.05, 3.63) is 40.7 Å². The molecule has 0 spiro atoms. The van der Waals surface area contributed by atoms with Crippen molar-refractivity contribution in [1.82, 2.24) is 19.7 Å². The summed E-state index contributed by atoms with van der Waals surface area (Å²) in [5.41, 5.74) is -3.35. The summed E-state index contributed by atoms with van der Waals surface area (Å²) in [7, 11) is 0. The largest absolute Gasteiger partial charge is 0.376 e. The molecule has 0 saturated carbocycles. The Morgan fingerprint density at radius 1 is 1.39 bits per heavy atom. The molecule has 0 saturated heterocycles. The molecule has 0 aromatic carbocycles. The van der Waals surface area contributed by atoms with E-state index in [0.717, 1.165) is 16.9 Å². The van der Waals surface area contributed by atoms with Crippen LogP contribution in [0.4, 0.5) is 32.4 Å². The Bertz CT molecular complexity index is 1140. The van der Waals surface area contributed by atoms with Crippen LogP contribution in [0.2, 0.25) is 0 Å². The summed E-state index contributed by atoms with van der Waals surface area (Å²) in [6.45, 7) is 1.06. The van der Waals surface area contributed by atoms with Crippen LogP contribution in [0.15, 0.2) is 12.3 Å². The number of carbonyl (C=O) groups excluding carboxylic acids is 1. The first-order valence-corrected chi connectivity index (χ1v) is 10.1. The number of hydrogen-bond donors (Lipinski definition) is 2. The summed E-state index contributed by atoms with van der Waals surface area (Å²) in [5.74, 6) is -2.57. The maximum absolute atomic E-state index is 15.0. The Hall–Kier alpha value is -3.20. The highest BCUT2D eigenvalue weighted by Gasteiger charge is 2.47. The topological polar surface area (TPSA) is 83.3 Å². The molecule has 2 N–H and O–H groups in total. The molecule has 33 heavy (non-hydrogen) atoms. The molecule has 0 fully saturated rings. The SMILES string of the molecule is C#CC1(O)CCC(F)(F)c2c3c(nn2C1)C[C@@H](C)N(C(=O)Nc1ccnc(C(F)F)c1F)C3. The third-order valence-corrected chi connectivity index (χ3v) is 5.99. The van der Waals surface area contributed by atoms with Crippen LogP contribution in [0.1, 0.15) is 48.8 Å². The lowest BCUT2D eigenvalue weighted by Crippen LogP contribution is -2.45. The molecule has 7 nitrogen and oxygen atoms in total. The number of nitrogens with one attached hydrogen (secondary N) is 1. The highest BCUT2D eigenvalue weighted by atomic mass is 19.3. The van der Waals surface area contributed by atoms with E-state index in [1.165, 1.54) is 4.90 Å². The van der Waals surface area contributed by atoms with Gasteiger partial charge in [-0.1, -0.05) is 5.92 Å². The Morgan fingerprint density at radius 2 is 2.12 bits per heavy atom. The predicted molar refractivity (Wildman–Crippen MR) is 106 cm³/mol. The molecule has 4 heterocycles. The average Bonchev–Trinajstić information content (AvgIpc) is 3.05. The highest BCUT2D eigenvalue weighted by Crippen LogP contribution is 2.43. The van der Waals surface area contributed by atoms with Crippen molar-refractivity contribution < 1.29 is 31.9 Å². The monoisotopic (exact) mass is 469 g/mol. The maximum Gasteiger partial charge on any atom is 0.322 e. The fourth-order valence-electron chi connectivity index (χ4n) is 4.21. The number of amides is 2. The van der Waals surface area contributed by atoms with E-state index >= 15 is 8.78 Å². The van der Waals surface area contributed by atoms with Gasteiger partial charge >= 0.3 is 6.03 Å². The van der Waals surface area contributed by atoms with Crippen LogP contribution in [0.25, 0.3) is 0 Å². The maximum atomic E-state index is 15.0. The van der Waals surface area contributed by atoms with Crippen molar-refractivity contribution in [2.24, 2.45) is 0 Å². The van der Waals surface area contributed by atoms with Gasteiger partial charge in [0.05, 0.1) is 24.5 Å². The normalized spacial score (nSPS) is 24.0. The van der Waals surface area contributed by atoms with E-state index < -0.39 is 59.3 Å². The van der Waals surface area contributed by atoms with Crippen LogP contribution >= 0.6 is 0 Å². The number of carbonyl (C=O) groups is 1. The van der Waals surface area contributed by atoms with Crippen LogP contribution < -0.4 is 5.32 Å². The van der Waals surface area contributed by atoms with E-state index in [1.807, 2.05) is 0 Å². The van der Waals surface area contributed by atoms with Crippen LogP contribution in [-0.2, 0) is 25.4 Å². The number of alkyl halides is 4. The third kappa shape index (κ3) is 4.01. The lowest BCUT2D eigenvalue weighted by Gasteiger charge is -2.33. The smallest absolute Gasteiger partial charge is 0.322 e. The molecule has 1 unspecified atom stereocenters. The number of nitrogens with zero attached hydrogens (tertiary/aromatic N) is 4. The first kappa shape index (κ1) is 23.0. The lowest BCUT2D eigenvalue weighted by molar-refractivity contribution is -0.0301. The van der Waals surface area contributed by atoms with Crippen LogP contribution in [0.3, 0.4) is 0 Å². The molecule has 0 aliphatic carbocycles. The van der Waals surface area contributed by atoms with Crippen molar-refractivity contribution in [3.63, 3.8) is 0 Å². The molecule has 4 rings (SSSR count). The van der Waals surface area contributed by atoms with Crippen molar-refractivity contribution in [3.8, 4) is 12.3 Å². The van der Waals surface area contributed by atoms with E-state index in [1.54, 1.807) is 6.92 Å². The van der Waals surface area contributed by atoms with Crippen LogP contribution in [0, 0.1) is 18.2 Å². The summed E-state index contributed by atoms with van der Waals surface area (Å²) < 4.78 is 71.1. The number of pyridine rings is 1. The van der Waals surface area contributed by atoms with Gasteiger partial charge in [-0.15, -0.1) is 6.42 Å². The van der Waals surface area contributed by atoms with E-state index in [0.29, 0.717) is 5.69 Å². The molecule has 0 bridgehead atoms. The summed E-state index contributed by atoms with van der Waals surface area (Å²) in [6, 6.07) is -0.341. The molecule has 176 valence electrons. The molecule has 2 atom stereocenters. The van der Waals surface area contributed by atoms with E-state index in [9.17, 15) is 23.1 Å². The van der Waals surface area contributed by atoms with Gasteiger partial charge in [0.1, 0.15) is 17.0 Å². The first-order valence-electron chi connectivity index (χ1n) is 10.1. The molecule has 2 amide bonds. The van der Waals surface area contributed by atoms with Crippen LogP contribution in [0.5, 0.6) is 0 Å². The number of halogens is 5. The van der Waals surface area contributed by atoms with Gasteiger partial charge in [-0.2, -0.15) is 13.9 Å². The predicted octanol–water partition coefficient (Wildman–Crippen LogP) is 3.58. The third-order valence-electron chi connectivity index (χ3n) is 5.99. The standard InChI is InChI=1S/C21H20F5N5O2/c1-3-20(33)5-6-21(25,26)17-12-9-30(11(2)8-14(12)29-31(17)10-20)19(32)28-13-4-7-27-16(15(13)22)18(23)24/h1,4,7,11,18,33H,5-6,8-10H2,2H3,(H,27,28,32)/t11-,20?/m1/s1. The van der Waals surface area contributed by atoms with Crippen molar-refractivity contribution in [2.75, 3.05) is 5.32 Å². The Balaban J connectivity index is 1.65. The number of rotatable bonds is 2. The second kappa shape index (κ2) is 7.98. The fraction of sp³-hybridized carbons (Fsp3) is 0.476. The Labute approximate surface area is 185 Å². The molecule has 2 aliphatic heterocycles. The number of aliphatic hydroxyl groups is 1. The highest BCUT2D eigenvalue weighted by molar-refractivity contribution is 5.90. The number of anilines is 1. The minimum atomic E-state index is -3.35. The number of aromatic nitrogens is 3. The average molecular weight is 469 g/mol. The van der Waals surface area contributed by atoms with Gasteiger partial charge < -0.3 is 15.3 Å². The van der Waals surface area contributed by atoms with Gasteiger partial charge in [-0.05, 0) is 19.4 Å². The van der Waals surface area contributed by atoms with E-state index in [-0.39, 0.29) is 31.5 Å². The van der Waals surface area contributed by atoms with E-state index in [4.69, 9.17) is 6.42 Å². The van der Waals surface area contributed by atoms with E-state index in [2.05, 4.69) is 21.3 Å². The van der Waals surface area contributed by atoms with Gasteiger partial charge in [-0.3, -0.25) is 9.67 Å². The number of urea groups is 1.